The Morgan fingerprint density at radius 3 is 1.71 bits per heavy atom. The minimum atomic E-state index is 0.731. The van der Waals surface area contributed by atoms with Crippen LogP contribution in [0.1, 0.15) is 59.8 Å². The molecule has 98 valence electrons. The molecule has 0 saturated carbocycles. The van der Waals surface area contributed by atoms with Crippen LogP contribution >= 0.6 is 11.6 Å². The van der Waals surface area contributed by atoms with Crippen molar-refractivity contribution >= 4 is 11.6 Å². The molecule has 0 aliphatic heterocycles. The molecule has 0 aliphatic carbocycles. The average Bonchev–Trinajstić information content (AvgIpc) is 2.25. The zero-order chi connectivity index (χ0) is 13.1. The van der Waals surface area contributed by atoms with Crippen molar-refractivity contribution in [1.29, 1.82) is 0 Å². The van der Waals surface area contributed by atoms with Gasteiger partial charge in [-0.3, -0.25) is 0 Å². The van der Waals surface area contributed by atoms with E-state index in [0.29, 0.717) is 0 Å². The molecule has 0 nitrogen and oxygen atoms in total. The smallest absolute Gasteiger partial charge is 0.0258 e. The summed E-state index contributed by atoms with van der Waals surface area (Å²) in [5.41, 5.74) is 4.38. The lowest BCUT2D eigenvalue weighted by Crippen LogP contribution is -1.81. The van der Waals surface area contributed by atoms with Gasteiger partial charge in [0.05, 0.1) is 0 Å². The van der Waals surface area contributed by atoms with Gasteiger partial charge >= 0.3 is 0 Å². The number of allylic oxidation sites excluding steroid dienone is 6. The molecular formula is C16H27Cl. The molecule has 0 rings (SSSR count). The Hall–Kier alpha value is -0.490. The van der Waals surface area contributed by atoms with Crippen LogP contribution < -0.4 is 0 Å². The largest absolute Gasteiger partial charge is 0.126 e. The third kappa shape index (κ3) is 11.8. The Morgan fingerprint density at radius 2 is 1.24 bits per heavy atom. The van der Waals surface area contributed by atoms with E-state index in [1.54, 1.807) is 0 Å². The number of alkyl halides is 1. The summed E-state index contributed by atoms with van der Waals surface area (Å²) in [6, 6.07) is 0. The van der Waals surface area contributed by atoms with E-state index in [4.69, 9.17) is 11.6 Å². The van der Waals surface area contributed by atoms with Crippen molar-refractivity contribution in [2.45, 2.75) is 59.8 Å². The Morgan fingerprint density at radius 1 is 0.765 bits per heavy atom. The molecule has 0 unspecified atom stereocenters. The second-order valence-corrected chi connectivity index (χ2v) is 5.32. The molecule has 0 N–H and O–H groups in total. The summed E-state index contributed by atoms with van der Waals surface area (Å²) < 4.78 is 0. The molecule has 0 fully saturated rings. The van der Waals surface area contributed by atoms with Crippen molar-refractivity contribution in [2.24, 2.45) is 0 Å². The molecule has 0 aromatic carbocycles. The minimum absolute atomic E-state index is 0.731. The van der Waals surface area contributed by atoms with Gasteiger partial charge in [-0.05, 0) is 59.8 Å². The monoisotopic (exact) mass is 254 g/mol. The topological polar surface area (TPSA) is 0 Å². The summed E-state index contributed by atoms with van der Waals surface area (Å²) in [7, 11) is 0. The molecule has 1 heteroatoms. The predicted octanol–water partition coefficient (Wildman–Crippen LogP) is 6.03. The lowest BCUT2D eigenvalue weighted by Gasteiger charge is -2.01. The zero-order valence-corrected chi connectivity index (χ0v) is 12.6. The van der Waals surface area contributed by atoms with Crippen molar-refractivity contribution in [1.82, 2.24) is 0 Å². The van der Waals surface area contributed by atoms with E-state index < -0.39 is 0 Å². The highest BCUT2D eigenvalue weighted by molar-refractivity contribution is 6.17. The molecule has 0 saturated heterocycles. The minimum Gasteiger partial charge on any atom is -0.126 e. The number of hydrogen-bond donors (Lipinski definition) is 0. The summed E-state index contributed by atoms with van der Waals surface area (Å²) in [4.78, 5) is 0. The van der Waals surface area contributed by atoms with Gasteiger partial charge in [-0.2, -0.15) is 0 Å². The van der Waals surface area contributed by atoms with Gasteiger partial charge < -0.3 is 0 Å². The molecule has 0 heterocycles. The maximum Gasteiger partial charge on any atom is 0.0258 e. The number of hydrogen-bond acceptors (Lipinski definition) is 0. The first-order valence-corrected chi connectivity index (χ1v) is 7.10. The first-order chi connectivity index (χ1) is 8.06. The Bertz CT molecular complexity index is 278. The van der Waals surface area contributed by atoms with Crippen LogP contribution in [0.2, 0.25) is 0 Å². The lowest BCUT2D eigenvalue weighted by atomic mass is 10.1. The highest BCUT2D eigenvalue weighted by Crippen LogP contribution is 2.11. The maximum atomic E-state index is 5.65. The first-order valence-electron chi connectivity index (χ1n) is 6.57. The van der Waals surface area contributed by atoms with Crippen LogP contribution in [0.5, 0.6) is 0 Å². The summed E-state index contributed by atoms with van der Waals surface area (Å²) in [6.45, 7) is 8.74. The summed E-state index contributed by atoms with van der Waals surface area (Å²) in [5, 5.41) is 0. The van der Waals surface area contributed by atoms with E-state index in [1.165, 1.54) is 29.6 Å². The molecule has 0 amide bonds. The van der Waals surface area contributed by atoms with Gasteiger partial charge in [0.1, 0.15) is 0 Å². The zero-order valence-electron chi connectivity index (χ0n) is 11.9. The van der Waals surface area contributed by atoms with Crippen LogP contribution in [0.4, 0.5) is 0 Å². The third-order valence-electron chi connectivity index (χ3n) is 2.72. The van der Waals surface area contributed by atoms with Gasteiger partial charge in [-0.25, -0.2) is 0 Å². The van der Waals surface area contributed by atoms with Crippen molar-refractivity contribution in [3.8, 4) is 0 Å². The van der Waals surface area contributed by atoms with E-state index in [2.05, 4.69) is 45.9 Å². The summed E-state index contributed by atoms with van der Waals surface area (Å²) >= 11 is 5.65. The quantitative estimate of drug-likeness (QED) is 0.366. The fraction of sp³-hybridized carbons (Fsp3) is 0.625. The number of rotatable bonds is 8. The van der Waals surface area contributed by atoms with Crippen LogP contribution in [0, 0.1) is 0 Å². The second kappa shape index (κ2) is 10.7. The fourth-order valence-corrected chi connectivity index (χ4v) is 1.75. The molecule has 0 aliphatic rings. The maximum absolute atomic E-state index is 5.65. The summed E-state index contributed by atoms with van der Waals surface area (Å²) in [6.07, 6.45) is 12.6. The lowest BCUT2D eigenvalue weighted by molar-refractivity contribution is 0.913. The average molecular weight is 255 g/mol. The fourth-order valence-electron chi connectivity index (χ4n) is 1.64. The molecule has 0 aromatic rings. The van der Waals surface area contributed by atoms with Gasteiger partial charge in [0, 0.05) is 5.88 Å². The van der Waals surface area contributed by atoms with Gasteiger partial charge in [-0.1, -0.05) is 34.9 Å². The second-order valence-electron chi connectivity index (χ2n) is 4.94. The molecule has 0 bridgehead atoms. The van der Waals surface area contributed by atoms with Crippen LogP contribution in [0.15, 0.2) is 34.9 Å². The molecule has 0 atom stereocenters. The normalized spacial score (nSPS) is 12.8. The van der Waals surface area contributed by atoms with Gasteiger partial charge in [0.25, 0.3) is 0 Å². The SMILES string of the molecule is CC(C)=CCC/C(C)=C/CC/C(C)=C/CCCl. The van der Waals surface area contributed by atoms with E-state index in [9.17, 15) is 0 Å². The molecular weight excluding hydrogens is 228 g/mol. The molecule has 0 radical (unpaired) electrons. The first kappa shape index (κ1) is 16.5. The molecule has 0 spiro atoms. The Balaban J connectivity index is 3.80. The standard InChI is InChI=1S/C16H27Cl/c1-14(2)8-5-9-15(3)10-6-11-16(4)12-7-13-17/h8,10,12H,5-7,9,11,13H2,1-4H3/b15-10+,16-12+. The Labute approximate surface area is 112 Å². The van der Waals surface area contributed by atoms with Crippen LogP contribution in [-0.4, -0.2) is 5.88 Å². The van der Waals surface area contributed by atoms with Gasteiger partial charge in [0.2, 0.25) is 0 Å². The van der Waals surface area contributed by atoms with E-state index >= 15 is 0 Å². The van der Waals surface area contributed by atoms with Crippen molar-refractivity contribution in [3.05, 3.63) is 34.9 Å². The van der Waals surface area contributed by atoms with E-state index in [-0.39, 0.29) is 0 Å². The predicted molar refractivity (Wildman–Crippen MR) is 80.8 cm³/mol. The highest BCUT2D eigenvalue weighted by Gasteiger charge is 1.91. The highest BCUT2D eigenvalue weighted by atomic mass is 35.5. The molecule has 17 heavy (non-hydrogen) atoms. The van der Waals surface area contributed by atoms with E-state index in [0.717, 1.165) is 25.1 Å². The van der Waals surface area contributed by atoms with E-state index in [1.807, 2.05) is 0 Å². The van der Waals surface area contributed by atoms with Crippen molar-refractivity contribution in [3.63, 3.8) is 0 Å². The third-order valence-corrected chi connectivity index (χ3v) is 2.94. The van der Waals surface area contributed by atoms with Crippen molar-refractivity contribution < 1.29 is 0 Å². The van der Waals surface area contributed by atoms with Gasteiger partial charge in [-0.15, -0.1) is 11.6 Å². The summed E-state index contributed by atoms with van der Waals surface area (Å²) in [5.74, 6) is 0.731. The Kier molecular flexibility index (Phi) is 10.3. The van der Waals surface area contributed by atoms with Crippen LogP contribution in [0.25, 0.3) is 0 Å². The van der Waals surface area contributed by atoms with Crippen LogP contribution in [-0.2, 0) is 0 Å². The van der Waals surface area contributed by atoms with Crippen molar-refractivity contribution in [2.75, 3.05) is 5.88 Å². The van der Waals surface area contributed by atoms with Gasteiger partial charge in [0.15, 0.2) is 0 Å². The number of halogens is 1. The van der Waals surface area contributed by atoms with Crippen LogP contribution in [0.3, 0.4) is 0 Å². The molecule has 0 aromatic heterocycles.